The number of rotatable bonds is 9. The molecular weight excluding hydrogens is 520 g/mol. The van der Waals surface area contributed by atoms with Crippen molar-refractivity contribution >= 4 is 52.0 Å². The number of nitrogens with one attached hydrogen (secondary N) is 4. The topological polar surface area (TPSA) is 99.3 Å². The fourth-order valence-corrected chi connectivity index (χ4v) is 5.71. The van der Waals surface area contributed by atoms with E-state index >= 15 is 0 Å². The number of thiophene rings is 1. The van der Waals surface area contributed by atoms with Crippen LogP contribution in [0.4, 0.5) is 0 Å². The first-order chi connectivity index (χ1) is 19.3. The van der Waals surface area contributed by atoms with Crippen LogP contribution in [0.25, 0.3) is 22.9 Å². The number of aryl methyl sites for hydroxylation is 1. The molecule has 7 nitrogen and oxygen atoms in total. The highest BCUT2D eigenvalue weighted by atomic mass is 32.1. The van der Waals surface area contributed by atoms with E-state index in [1.165, 1.54) is 23.3 Å². The fourth-order valence-electron chi connectivity index (χ4n) is 4.66. The third-order valence-electron chi connectivity index (χ3n) is 6.84. The second-order valence-electron chi connectivity index (χ2n) is 9.78. The van der Waals surface area contributed by atoms with E-state index in [4.69, 9.17) is 0 Å². The molecule has 1 aliphatic heterocycles. The van der Waals surface area contributed by atoms with Crippen LogP contribution < -0.4 is 21.3 Å². The number of benzene rings is 2. The second-order valence-corrected chi connectivity index (χ2v) is 10.7. The van der Waals surface area contributed by atoms with Gasteiger partial charge in [-0.05, 0) is 78.7 Å². The third-order valence-corrected chi connectivity index (χ3v) is 7.85. The van der Waals surface area contributed by atoms with Gasteiger partial charge >= 0.3 is 0 Å². The minimum Gasteiger partial charge on any atom is -0.344 e. The predicted octanol–water partition coefficient (Wildman–Crippen LogP) is 4.81. The Bertz CT molecular complexity index is 1340. The number of carbonyl (C=O) groups excluding carboxylic acids is 3. The van der Waals surface area contributed by atoms with Crippen LogP contribution in [-0.2, 0) is 20.8 Å². The monoisotopic (exact) mass is 560 g/mol. The Hall–Kier alpha value is -3.75. The van der Waals surface area contributed by atoms with Crippen LogP contribution in [0.3, 0.4) is 0 Å². The molecule has 1 fully saturated rings. The first-order valence-electron chi connectivity index (χ1n) is 13.7. The molecular formula is C32H40N4O3S. The molecule has 212 valence electrons. The van der Waals surface area contributed by atoms with Crippen LogP contribution >= 0.6 is 11.3 Å². The van der Waals surface area contributed by atoms with Gasteiger partial charge in [-0.25, -0.2) is 0 Å². The molecule has 2 aromatic carbocycles. The van der Waals surface area contributed by atoms with Crippen molar-refractivity contribution in [3.63, 3.8) is 0 Å². The van der Waals surface area contributed by atoms with Crippen LogP contribution in [0, 0.1) is 12.8 Å². The summed E-state index contributed by atoms with van der Waals surface area (Å²) in [6.45, 7) is 11.0. The number of fused-ring (bicyclic) bond motifs is 1. The zero-order chi connectivity index (χ0) is 28.9. The van der Waals surface area contributed by atoms with Crippen molar-refractivity contribution in [3.8, 4) is 0 Å². The van der Waals surface area contributed by atoms with Gasteiger partial charge in [0.15, 0.2) is 0 Å². The fraction of sp³-hybridized carbons (Fsp3) is 0.344. The molecule has 1 atom stereocenters. The van der Waals surface area contributed by atoms with E-state index in [0.717, 1.165) is 41.9 Å². The highest BCUT2D eigenvalue weighted by Crippen LogP contribution is 2.27. The maximum atomic E-state index is 12.8. The summed E-state index contributed by atoms with van der Waals surface area (Å²) in [4.78, 5) is 37.6. The van der Waals surface area contributed by atoms with E-state index in [1.54, 1.807) is 17.4 Å². The molecule has 1 aromatic heterocycles. The Kier molecular flexibility index (Phi) is 12.1. The van der Waals surface area contributed by atoms with Gasteiger partial charge in [-0.2, -0.15) is 0 Å². The lowest BCUT2D eigenvalue weighted by molar-refractivity contribution is -0.131. The lowest BCUT2D eigenvalue weighted by atomic mass is 9.96. The van der Waals surface area contributed by atoms with Gasteiger partial charge in [-0.3, -0.25) is 14.4 Å². The molecule has 4 N–H and O–H groups in total. The SMILES string of the molecule is C=Cc1c(C[C@@H](NC(=O)C2CCNCC2)C(=O)NCNC(C)=O)csc1/C=C\C.Cc1cccc2ccccc12. The Balaban J connectivity index is 0.000000330. The second kappa shape index (κ2) is 15.7. The van der Waals surface area contributed by atoms with Crippen LogP contribution in [0.1, 0.15) is 48.3 Å². The van der Waals surface area contributed by atoms with Gasteiger partial charge < -0.3 is 21.3 Å². The summed E-state index contributed by atoms with van der Waals surface area (Å²) < 4.78 is 0. The van der Waals surface area contributed by atoms with Crippen molar-refractivity contribution in [1.82, 2.24) is 21.3 Å². The van der Waals surface area contributed by atoms with Crippen LogP contribution in [0.5, 0.6) is 0 Å². The first-order valence-corrected chi connectivity index (χ1v) is 14.5. The predicted molar refractivity (Wildman–Crippen MR) is 166 cm³/mol. The van der Waals surface area contributed by atoms with E-state index in [0.29, 0.717) is 6.42 Å². The van der Waals surface area contributed by atoms with Crippen molar-refractivity contribution in [1.29, 1.82) is 0 Å². The number of carbonyl (C=O) groups is 3. The summed E-state index contributed by atoms with van der Waals surface area (Å²) in [6.07, 6.45) is 7.62. The molecule has 0 bridgehead atoms. The molecule has 1 saturated heterocycles. The number of allylic oxidation sites excluding steroid dienone is 1. The lowest BCUT2D eigenvalue weighted by Gasteiger charge is -2.25. The largest absolute Gasteiger partial charge is 0.344 e. The summed E-state index contributed by atoms with van der Waals surface area (Å²) in [5.74, 6) is -0.754. The molecule has 3 amide bonds. The minimum absolute atomic E-state index is 0.0235. The van der Waals surface area contributed by atoms with Gasteiger partial charge in [-0.15, -0.1) is 11.3 Å². The smallest absolute Gasteiger partial charge is 0.244 e. The zero-order valence-corrected chi connectivity index (χ0v) is 24.4. The Labute approximate surface area is 241 Å². The number of hydrogen-bond donors (Lipinski definition) is 4. The molecule has 0 radical (unpaired) electrons. The average Bonchev–Trinajstić information content (AvgIpc) is 3.34. The lowest BCUT2D eigenvalue weighted by Crippen LogP contribution is -2.52. The maximum Gasteiger partial charge on any atom is 0.244 e. The van der Waals surface area contributed by atoms with Crippen LogP contribution in [-0.4, -0.2) is 43.5 Å². The number of piperidine rings is 1. The first kappa shape index (κ1) is 30.8. The maximum absolute atomic E-state index is 12.8. The Morgan fingerprint density at radius 3 is 2.50 bits per heavy atom. The molecule has 0 aliphatic carbocycles. The zero-order valence-electron chi connectivity index (χ0n) is 23.6. The summed E-state index contributed by atoms with van der Waals surface area (Å²) in [5, 5.41) is 16.1. The normalized spacial score (nSPS) is 14.2. The number of amides is 3. The Morgan fingerprint density at radius 1 is 1.10 bits per heavy atom. The summed E-state index contributed by atoms with van der Waals surface area (Å²) in [7, 11) is 0. The minimum atomic E-state index is -0.724. The molecule has 0 spiro atoms. The van der Waals surface area contributed by atoms with Gasteiger partial charge in [0.05, 0.1) is 6.67 Å². The molecule has 2 heterocycles. The molecule has 0 unspecified atom stereocenters. The summed E-state index contributed by atoms with van der Waals surface area (Å²) in [5.41, 5.74) is 3.29. The van der Waals surface area contributed by atoms with Crippen LogP contribution in [0.2, 0.25) is 0 Å². The van der Waals surface area contributed by atoms with E-state index in [2.05, 4.69) is 77.2 Å². The van der Waals surface area contributed by atoms with Gasteiger partial charge in [0.1, 0.15) is 6.04 Å². The molecule has 40 heavy (non-hydrogen) atoms. The van der Waals surface area contributed by atoms with Crippen LogP contribution in [0.15, 0.2) is 60.5 Å². The standard InChI is InChI=1S/C21H30N4O3S.C11H10/c1-4-6-19-17(5-2)16(12-29-19)11-18(21(28)24-13-23-14(3)26)25-20(27)15-7-9-22-10-8-15;1-9-5-4-7-10-6-2-3-8-11(9)10/h4-6,12,15,18,22H,2,7-11,13H2,1,3H3,(H,23,26)(H,24,28)(H,25,27);2-8H,1H3/b6-4-;/t18-;/m1./s1. The van der Waals surface area contributed by atoms with E-state index in [9.17, 15) is 14.4 Å². The molecule has 4 rings (SSSR count). The van der Waals surface area contributed by atoms with Crippen molar-refractivity contribution in [2.24, 2.45) is 5.92 Å². The van der Waals surface area contributed by atoms with Gasteiger partial charge in [0.25, 0.3) is 0 Å². The third kappa shape index (κ3) is 8.89. The number of hydrogen-bond acceptors (Lipinski definition) is 5. The summed E-state index contributed by atoms with van der Waals surface area (Å²) in [6, 6.07) is 14.1. The molecule has 0 saturated carbocycles. The van der Waals surface area contributed by atoms with E-state index < -0.39 is 6.04 Å². The van der Waals surface area contributed by atoms with Crippen molar-refractivity contribution in [3.05, 3.63) is 82.1 Å². The van der Waals surface area contributed by atoms with Gasteiger partial charge in [0.2, 0.25) is 17.7 Å². The van der Waals surface area contributed by atoms with Gasteiger partial charge in [-0.1, -0.05) is 61.2 Å². The Morgan fingerprint density at radius 2 is 1.82 bits per heavy atom. The van der Waals surface area contributed by atoms with Crippen molar-refractivity contribution in [2.45, 2.75) is 46.1 Å². The molecule has 8 heteroatoms. The highest BCUT2D eigenvalue weighted by Gasteiger charge is 2.27. The van der Waals surface area contributed by atoms with Crippen molar-refractivity contribution < 1.29 is 14.4 Å². The molecule has 1 aliphatic rings. The molecule has 3 aromatic rings. The van der Waals surface area contributed by atoms with E-state index in [-0.39, 0.29) is 30.3 Å². The van der Waals surface area contributed by atoms with Gasteiger partial charge in [0, 0.05) is 24.1 Å². The average molecular weight is 561 g/mol. The quantitative estimate of drug-likeness (QED) is 0.282. The van der Waals surface area contributed by atoms with Crippen molar-refractivity contribution in [2.75, 3.05) is 19.8 Å². The summed E-state index contributed by atoms with van der Waals surface area (Å²) >= 11 is 1.58. The van der Waals surface area contributed by atoms with E-state index in [1.807, 2.05) is 24.5 Å². The highest BCUT2D eigenvalue weighted by molar-refractivity contribution is 7.11.